The fraction of sp³-hybridized carbons (Fsp3) is 0. The fourth-order valence-electron chi connectivity index (χ4n) is 7.36. The van der Waals surface area contributed by atoms with Crippen LogP contribution in [0, 0.1) is 34.0 Å². The summed E-state index contributed by atoms with van der Waals surface area (Å²) in [5.41, 5.74) is 11.7. The second kappa shape index (κ2) is 11.4. The maximum absolute atomic E-state index is 9.87. The molecule has 0 aliphatic carbocycles. The Balaban J connectivity index is 1.38. The number of hydrogen-bond donors (Lipinski definition) is 0. The monoisotopic (exact) mass is 635 g/mol. The third kappa shape index (κ3) is 4.45. The predicted molar refractivity (Wildman–Crippen MR) is 200 cm³/mol. The Morgan fingerprint density at radius 2 is 0.880 bits per heavy atom. The van der Waals surface area contributed by atoms with Crippen LogP contribution in [-0.2, 0) is 0 Å². The minimum atomic E-state index is 0.563. The molecule has 0 saturated heterocycles. The van der Waals surface area contributed by atoms with E-state index in [0.717, 1.165) is 66.5 Å². The van der Waals surface area contributed by atoms with Gasteiger partial charge in [-0.05, 0) is 101 Å². The molecule has 0 bridgehead atoms. The highest BCUT2D eigenvalue weighted by molar-refractivity contribution is 6.11. The highest BCUT2D eigenvalue weighted by atomic mass is 15.0. The van der Waals surface area contributed by atoms with Gasteiger partial charge in [0.25, 0.3) is 0 Å². The first-order chi connectivity index (χ1) is 24.6. The van der Waals surface area contributed by atoms with Gasteiger partial charge < -0.3 is 9.13 Å². The topological polar surface area (TPSA) is 81.2 Å². The zero-order valence-corrected chi connectivity index (χ0v) is 26.7. The van der Waals surface area contributed by atoms with E-state index >= 15 is 0 Å². The van der Waals surface area contributed by atoms with Crippen molar-refractivity contribution in [3.8, 4) is 51.8 Å². The summed E-state index contributed by atoms with van der Waals surface area (Å²) in [5.74, 6) is 0. The Morgan fingerprint density at radius 3 is 1.46 bits per heavy atom. The Kier molecular flexibility index (Phi) is 6.56. The molecule has 0 saturated carbocycles. The van der Waals surface area contributed by atoms with E-state index in [1.54, 1.807) is 0 Å². The van der Waals surface area contributed by atoms with Crippen LogP contribution in [0.15, 0.2) is 152 Å². The second-order valence-electron chi connectivity index (χ2n) is 12.4. The second-order valence-corrected chi connectivity index (χ2v) is 12.4. The van der Waals surface area contributed by atoms with Crippen molar-refractivity contribution in [2.75, 3.05) is 0 Å². The molecular weight excluding hydrogens is 611 g/mol. The van der Waals surface area contributed by atoms with Gasteiger partial charge in [0.05, 0.1) is 57.0 Å². The number of nitrogens with zero attached hydrogens (tertiary/aromatic N) is 5. The molecule has 5 heteroatoms. The lowest BCUT2D eigenvalue weighted by molar-refractivity contribution is 1.13. The van der Waals surface area contributed by atoms with Gasteiger partial charge in [0, 0.05) is 32.9 Å². The van der Waals surface area contributed by atoms with E-state index in [1.165, 1.54) is 10.8 Å². The Bertz CT molecular complexity index is 2850. The highest BCUT2D eigenvalue weighted by Gasteiger charge is 2.18. The van der Waals surface area contributed by atoms with Crippen molar-refractivity contribution in [3.05, 3.63) is 168 Å². The van der Waals surface area contributed by atoms with E-state index in [1.807, 2.05) is 72.8 Å². The lowest BCUT2D eigenvalue weighted by Crippen LogP contribution is -2.00. The average Bonchev–Trinajstić information content (AvgIpc) is 3.70. The maximum atomic E-state index is 9.87. The molecule has 0 aliphatic heterocycles. The lowest BCUT2D eigenvalue weighted by Gasteiger charge is -2.16. The summed E-state index contributed by atoms with van der Waals surface area (Å²) in [7, 11) is 0. The predicted octanol–water partition coefficient (Wildman–Crippen LogP) is 10.8. The SMILES string of the molecule is N#Cc1ccc2c(c1)c1cc(C#N)ccc1n2-c1cc(-c2cccc(-c3ccccc3C#N)c2)cc(-n2c3ccccc3c3ccccc32)c1. The van der Waals surface area contributed by atoms with E-state index in [9.17, 15) is 15.8 Å². The van der Waals surface area contributed by atoms with Crippen molar-refractivity contribution in [1.29, 1.82) is 15.8 Å². The molecule has 230 valence electrons. The molecular formula is C45H25N5. The van der Waals surface area contributed by atoms with Gasteiger partial charge in [0.1, 0.15) is 0 Å². The zero-order valence-electron chi connectivity index (χ0n) is 26.7. The molecule has 0 atom stereocenters. The number of hydrogen-bond acceptors (Lipinski definition) is 3. The molecule has 0 aliphatic rings. The normalized spacial score (nSPS) is 11.1. The first-order valence-electron chi connectivity index (χ1n) is 16.3. The molecule has 0 radical (unpaired) electrons. The van der Waals surface area contributed by atoms with Gasteiger partial charge in [-0.3, -0.25) is 0 Å². The number of para-hydroxylation sites is 2. The van der Waals surface area contributed by atoms with Crippen LogP contribution >= 0.6 is 0 Å². The zero-order chi connectivity index (χ0) is 33.8. The Morgan fingerprint density at radius 1 is 0.360 bits per heavy atom. The average molecular weight is 636 g/mol. The molecule has 7 aromatic carbocycles. The summed E-state index contributed by atoms with van der Waals surface area (Å²) >= 11 is 0. The molecule has 0 N–H and O–H groups in total. The summed E-state index contributed by atoms with van der Waals surface area (Å²) in [6.45, 7) is 0. The van der Waals surface area contributed by atoms with Crippen LogP contribution < -0.4 is 0 Å². The van der Waals surface area contributed by atoms with Crippen LogP contribution in [0.2, 0.25) is 0 Å². The molecule has 0 fully saturated rings. The largest absolute Gasteiger partial charge is 0.309 e. The van der Waals surface area contributed by atoms with Crippen LogP contribution in [0.25, 0.3) is 77.2 Å². The molecule has 50 heavy (non-hydrogen) atoms. The van der Waals surface area contributed by atoms with Crippen LogP contribution in [-0.4, -0.2) is 9.13 Å². The standard InChI is InChI=1S/C45H25N5/c46-26-29-16-18-44-40(20-29)41-21-30(27-47)17-19-45(41)50(44)36-24-34(31-9-7-10-32(22-31)37-11-2-1-8-33(37)28-48)23-35(25-36)49-42-14-5-3-12-38(42)39-13-4-6-15-43(39)49/h1-25H. The van der Waals surface area contributed by atoms with Gasteiger partial charge in [-0.25, -0.2) is 0 Å². The number of rotatable bonds is 4. The van der Waals surface area contributed by atoms with E-state index in [4.69, 9.17) is 0 Å². The number of aromatic nitrogens is 2. The fourth-order valence-corrected chi connectivity index (χ4v) is 7.36. The van der Waals surface area contributed by atoms with Gasteiger partial charge >= 0.3 is 0 Å². The minimum Gasteiger partial charge on any atom is -0.309 e. The summed E-state index contributed by atoms with van der Waals surface area (Å²) in [5, 5.41) is 33.6. The van der Waals surface area contributed by atoms with Crippen LogP contribution in [0.3, 0.4) is 0 Å². The van der Waals surface area contributed by atoms with E-state index < -0.39 is 0 Å². The van der Waals surface area contributed by atoms with Crippen molar-refractivity contribution in [1.82, 2.24) is 9.13 Å². The van der Waals surface area contributed by atoms with Crippen molar-refractivity contribution >= 4 is 43.6 Å². The van der Waals surface area contributed by atoms with Crippen molar-refractivity contribution in [2.24, 2.45) is 0 Å². The summed E-state index contributed by atoms with van der Waals surface area (Å²) < 4.78 is 4.55. The van der Waals surface area contributed by atoms with Crippen molar-refractivity contribution < 1.29 is 0 Å². The maximum Gasteiger partial charge on any atom is 0.0998 e. The van der Waals surface area contributed by atoms with Crippen molar-refractivity contribution in [3.63, 3.8) is 0 Å². The minimum absolute atomic E-state index is 0.563. The number of nitriles is 3. The van der Waals surface area contributed by atoms with Gasteiger partial charge in [0.2, 0.25) is 0 Å². The molecule has 0 unspecified atom stereocenters. The third-order valence-electron chi connectivity index (χ3n) is 9.58. The lowest BCUT2D eigenvalue weighted by atomic mass is 9.96. The molecule has 9 rings (SSSR count). The summed E-state index contributed by atoms with van der Waals surface area (Å²) in [6, 6.07) is 58.0. The van der Waals surface area contributed by atoms with E-state index in [2.05, 4.69) is 106 Å². The number of benzene rings is 7. The first-order valence-corrected chi connectivity index (χ1v) is 16.3. The van der Waals surface area contributed by atoms with Crippen LogP contribution in [0.5, 0.6) is 0 Å². The third-order valence-corrected chi connectivity index (χ3v) is 9.58. The van der Waals surface area contributed by atoms with E-state index in [-0.39, 0.29) is 0 Å². The first kappa shape index (κ1) is 28.8. The molecule has 2 heterocycles. The molecule has 2 aromatic heterocycles. The van der Waals surface area contributed by atoms with E-state index in [0.29, 0.717) is 16.7 Å². The van der Waals surface area contributed by atoms with Crippen molar-refractivity contribution in [2.45, 2.75) is 0 Å². The summed E-state index contributed by atoms with van der Waals surface area (Å²) in [6.07, 6.45) is 0. The quantitative estimate of drug-likeness (QED) is 0.193. The molecule has 9 aromatic rings. The van der Waals surface area contributed by atoms with Gasteiger partial charge in [0.15, 0.2) is 0 Å². The van der Waals surface area contributed by atoms with Crippen LogP contribution in [0.1, 0.15) is 16.7 Å². The Hall–Kier alpha value is -7.39. The van der Waals surface area contributed by atoms with Gasteiger partial charge in [-0.1, -0.05) is 72.8 Å². The van der Waals surface area contributed by atoms with Gasteiger partial charge in [-0.15, -0.1) is 0 Å². The van der Waals surface area contributed by atoms with Gasteiger partial charge in [-0.2, -0.15) is 15.8 Å². The highest BCUT2D eigenvalue weighted by Crippen LogP contribution is 2.39. The number of fused-ring (bicyclic) bond motifs is 6. The van der Waals surface area contributed by atoms with Crippen LogP contribution in [0.4, 0.5) is 0 Å². The molecule has 5 nitrogen and oxygen atoms in total. The molecule has 0 amide bonds. The smallest absolute Gasteiger partial charge is 0.0998 e. The molecule has 0 spiro atoms. The summed E-state index contributed by atoms with van der Waals surface area (Å²) in [4.78, 5) is 0. The Labute approximate surface area is 287 Å².